The van der Waals surface area contributed by atoms with Gasteiger partial charge in [-0.1, -0.05) is 37.3 Å². The van der Waals surface area contributed by atoms with Crippen molar-refractivity contribution in [3.8, 4) is 11.1 Å². The molecule has 1 aromatic heterocycles. The largest absolute Gasteiger partial charge is 0.386 e. The summed E-state index contributed by atoms with van der Waals surface area (Å²) in [6.45, 7) is 4.29. The molecule has 114 valence electrons. The quantitative estimate of drug-likeness (QED) is 0.887. The summed E-state index contributed by atoms with van der Waals surface area (Å²) < 4.78 is 0. The fraction of sp³-hybridized carbons (Fsp3) is 0.333. The van der Waals surface area contributed by atoms with E-state index in [4.69, 9.17) is 0 Å². The molecule has 0 fully saturated rings. The van der Waals surface area contributed by atoms with Gasteiger partial charge in [-0.05, 0) is 18.9 Å². The highest BCUT2D eigenvalue weighted by molar-refractivity contribution is 5.60. The monoisotopic (exact) mass is 294 g/mol. The molecule has 2 heterocycles. The van der Waals surface area contributed by atoms with E-state index in [0.29, 0.717) is 6.04 Å². The minimum atomic E-state index is 0.105. The maximum atomic E-state index is 4.51. The van der Waals surface area contributed by atoms with Crippen molar-refractivity contribution in [3.63, 3.8) is 0 Å². The van der Waals surface area contributed by atoms with Crippen LogP contribution < -0.4 is 10.6 Å². The molecule has 0 radical (unpaired) electrons. The molecule has 0 amide bonds. The number of aromatic nitrogens is 2. The second-order valence-corrected chi connectivity index (χ2v) is 5.71. The fourth-order valence-electron chi connectivity index (χ4n) is 2.65. The molecule has 0 saturated heterocycles. The Morgan fingerprint density at radius 3 is 2.55 bits per heavy atom. The van der Waals surface area contributed by atoms with Crippen molar-refractivity contribution in [1.29, 1.82) is 0 Å². The first kappa shape index (κ1) is 14.6. The third-order valence-electron chi connectivity index (χ3n) is 4.02. The number of nitrogens with zero attached hydrogens (tertiary/aromatic N) is 2. The highest BCUT2D eigenvalue weighted by atomic mass is 15.0. The van der Waals surface area contributed by atoms with Crippen molar-refractivity contribution in [1.82, 2.24) is 20.6 Å². The molecule has 3 rings (SSSR count). The van der Waals surface area contributed by atoms with Gasteiger partial charge in [0.2, 0.25) is 0 Å². The Kier molecular flexibility index (Phi) is 4.37. The molecule has 0 aliphatic carbocycles. The summed E-state index contributed by atoms with van der Waals surface area (Å²) >= 11 is 0. The SMILES string of the molecule is CCC1CC(NC(C)c2ncc(-c3ccccc3)cn2)=CN1. The first-order valence-corrected chi connectivity index (χ1v) is 7.85. The van der Waals surface area contributed by atoms with Crippen LogP contribution in [-0.4, -0.2) is 16.0 Å². The van der Waals surface area contributed by atoms with Crippen molar-refractivity contribution in [2.24, 2.45) is 0 Å². The smallest absolute Gasteiger partial charge is 0.150 e. The van der Waals surface area contributed by atoms with Crippen LogP contribution in [0.2, 0.25) is 0 Å². The lowest BCUT2D eigenvalue weighted by Gasteiger charge is -2.15. The van der Waals surface area contributed by atoms with Gasteiger partial charge in [0.1, 0.15) is 5.82 Å². The van der Waals surface area contributed by atoms with Gasteiger partial charge in [0.05, 0.1) is 6.04 Å². The van der Waals surface area contributed by atoms with E-state index in [0.717, 1.165) is 29.8 Å². The van der Waals surface area contributed by atoms with E-state index >= 15 is 0 Å². The second-order valence-electron chi connectivity index (χ2n) is 5.71. The number of rotatable bonds is 5. The lowest BCUT2D eigenvalue weighted by Crippen LogP contribution is -2.21. The van der Waals surface area contributed by atoms with Crippen LogP contribution in [0.1, 0.15) is 38.6 Å². The van der Waals surface area contributed by atoms with E-state index in [1.807, 2.05) is 30.6 Å². The van der Waals surface area contributed by atoms with Gasteiger partial charge in [-0.25, -0.2) is 9.97 Å². The molecule has 0 bridgehead atoms. The molecular formula is C18H22N4. The molecule has 0 spiro atoms. The van der Waals surface area contributed by atoms with Crippen LogP contribution in [0.15, 0.2) is 54.6 Å². The van der Waals surface area contributed by atoms with Crippen LogP contribution in [0.3, 0.4) is 0 Å². The van der Waals surface area contributed by atoms with Gasteiger partial charge in [-0.2, -0.15) is 0 Å². The number of nitrogens with one attached hydrogen (secondary N) is 2. The van der Waals surface area contributed by atoms with E-state index in [9.17, 15) is 0 Å². The molecule has 1 aromatic carbocycles. The topological polar surface area (TPSA) is 49.8 Å². The number of benzene rings is 1. The molecule has 2 aromatic rings. The Labute approximate surface area is 131 Å². The summed E-state index contributed by atoms with van der Waals surface area (Å²) in [7, 11) is 0. The molecule has 22 heavy (non-hydrogen) atoms. The van der Waals surface area contributed by atoms with Gasteiger partial charge in [0.25, 0.3) is 0 Å². The van der Waals surface area contributed by atoms with Gasteiger partial charge in [0, 0.05) is 42.3 Å². The zero-order valence-corrected chi connectivity index (χ0v) is 13.1. The van der Waals surface area contributed by atoms with Crippen molar-refractivity contribution in [2.75, 3.05) is 0 Å². The summed E-state index contributed by atoms with van der Waals surface area (Å²) in [5, 5.41) is 6.87. The third-order valence-corrected chi connectivity index (χ3v) is 4.02. The van der Waals surface area contributed by atoms with E-state index < -0.39 is 0 Å². The maximum Gasteiger partial charge on any atom is 0.150 e. The van der Waals surface area contributed by atoms with Gasteiger partial charge in [-0.15, -0.1) is 0 Å². The van der Waals surface area contributed by atoms with Gasteiger partial charge in [0.15, 0.2) is 0 Å². The van der Waals surface area contributed by atoms with Crippen LogP contribution in [0.25, 0.3) is 11.1 Å². The van der Waals surface area contributed by atoms with Crippen LogP contribution in [0, 0.1) is 0 Å². The standard InChI is InChI=1S/C18H22N4/c1-3-16-9-17(12-19-16)22-13(2)18-20-10-15(11-21-18)14-7-5-4-6-8-14/h4-8,10-13,16,19,22H,3,9H2,1-2H3. The molecule has 1 aliphatic rings. The van der Waals surface area contributed by atoms with E-state index in [1.165, 1.54) is 5.70 Å². The maximum absolute atomic E-state index is 4.51. The molecule has 2 N–H and O–H groups in total. The zero-order valence-electron chi connectivity index (χ0n) is 13.1. The summed E-state index contributed by atoms with van der Waals surface area (Å²) in [6.07, 6.45) is 8.04. The van der Waals surface area contributed by atoms with Crippen molar-refractivity contribution >= 4 is 0 Å². The summed E-state index contributed by atoms with van der Waals surface area (Å²) in [5.41, 5.74) is 3.42. The van der Waals surface area contributed by atoms with Crippen LogP contribution in [0.5, 0.6) is 0 Å². The Balaban J connectivity index is 1.65. The number of hydrogen-bond donors (Lipinski definition) is 2. The normalized spacial score (nSPS) is 18.5. The summed E-state index contributed by atoms with van der Waals surface area (Å²) in [5.74, 6) is 0.820. The minimum absolute atomic E-state index is 0.105. The molecule has 2 atom stereocenters. The minimum Gasteiger partial charge on any atom is -0.386 e. The lowest BCUT2D eigenvalue weighted by molar-refractivity contribution is 0.559. The predicted molar refractivity (Wildman–Crippen MR) is 88.9 cm³/mol. The second kappa shape index (κ2) is 6.60. The Morgan fingerprint density at radius 1 is 1.18 bits per heavy atom. The van der Waals surface area contributed by atoms with Crippen LogP contribution in [0.4, 0.5) is 0 Å². The van der Waals surface area contributed by atoms with Gasteiger partial charge < -0.3 is 10.6 Å². The number of hydrogen-bond acceptors (Lipinski definition) is 4. The fourth-order valence-corrected chi connectivity index (χ4v) is 2.65. The van der Waals surface area contributed by atoms with Crippen LogP contribution in [-0.2, 0) is 0 Å². The average molecular weight is 294 g/mol. The third kappa shape index (κ3) is 3.27. The highest BCUT2D eigenvalue weighted by Gasteiger charge is 2.17. The van der Waals surface area contributed by atoms with Crippen molar-refractivity contribution < 1.29 is 0 Å². The summed E-state index contributed by atoms with van der Waals surface area (Å²) in [4.78, 5) is 9.03. The van der Waals surface area contributed by atoms with Crippen molar-refractivity contribution in [3.05, 3.63) is 60.4 Å². The van der Waals surface area contributed by atoms with E-state index in [2.05, 4.69) is 52.8 Å². The van der Waals surface area contributed by atoms with Gasteiger partial charge in [-0.3, -0.25) is 0 Å². The average Bonchev–Trinajstić information content (AvgIpc) is 3.03. The van der Waals surface area contributed by atoms with E-state index in [-0.39, 0.29) is 6.04 Å². The van der Waals surface area contributed by atoms with Gasteiger partial charge >= 0.3 is 0 Å². The molecule has 4 heteroatoms. The molecule has 0 saturated carbocycles. The van der Waals surface area contributed by atoms with Crippen molar-refractivity contribution in [2.45, 2.75) is 38.8 Å². The molecule has 4 nitrogen and oxygen atoms in total. The van der Waals surface area contributed by atoms with Crippen LogP contribution >= 0.6 is 0 Å². The summed E-state index contributed by atoms with van der Waals surface area (Å²) in [6, 6.07) is 10.9. The zero-order chi connectivity index (χ0) is 15.4. The molecule has 1 aliphatic heterocycles. The van der Waals surface area contributed by atoms with E-state index in [1.54, 1.807) is 0 Å². The highest BCUT2D eigenvalue weighted by Crippen LogP contribution is 2.19. The molecule has 2 unspecified atom stereocenters. The predicted octanol–water partition coefficient (Wildman–Crippen LogP) is 3.41. The Morgan fingerprint density at radius 2 is 1.91 bits per heavy atom. The first-order valence-electron chi connectivity index (χ1n) is 7.85. The first-order chi connectivity index (χ1) is 10.8. The lowest BCUT2D eigenvalue weighted by atomic mass is 10.1. The molecular weight excluding hydrogens is 272 g/mol. The Hall–Kier alpha value is -2.36. The Bertz CT molecular complexity index is 634.